The van der Waals surface area contributed by atoms with Crippen molar-refractivity contribution in [1.29, 1.82) is 0 Å². The van der Waals surface area contributed by atoms with Gasteiger partial charge in [-0.05, 0) is 55.8 Å². The highest BCUT2D eigenvalue weighted by Crippen LogP contribution is 2.24. The van der Waals surface area contributed by atoms with E-state index < -0.39 is 22.9 Å². The van der Waals surface area contributed by atoms with Crippen molar-refractivity contribution in [2.24, 2.45) is 0 Å². The molecule has 1 rings (SSSR count). The fourth-order valence-electron chi connectivity index (χ4n) is 1.21. The van der Waals surface area contributed by atoms with Crippen molar-refractivity contribution in [3.8, 4) is 0 Å². The summed E-state index contributed by atoms with van der Waals surface area (Å²) in [4.78, 5) is 12.1. The molecule has 100 valence electrons. The molecule has 0 aromatic heterocycles. The number of carbonyl (C=O) groups is 1. The molecule has 0 bridgehead atoms. The van der Waals surface area contributed by atoms with Gasteiger partial charge >= 0.3 is 0 Å². The van der Waals surface area contributed by atoms with Gasteiger partial charge in [-0.25, -0.2) is 4.39 Å². The Kier molecular flexibility index (Phi) is 4.18. The molecule has 0 atom stereocenters. The molecule has 3 nitrogen and oxygen atoms in total. The Bertz CT molecular complexity index is 446. The number of amides is 1. The number of hydrogen-bond donors (Lipinski definition) is 2. The fourth-order valence-corrected chi connectivity index (χ4v) is 1.74. The van der Waals surface area contributed by atoms with Crippen LogP contribution in [0.5, 0.6) is 0 Å². The molecule has 0 spiro atoms. The quantitative estimate of drug-likeness (QED) is 0.900. The molecule has 0 aliphatic rings. The predicted octanol–water partition coefficient (Wildman–Crippen LogP) is 2.87. The number of carbonyl (C=O) groups excluding carboxylic acids is 1. The predicted molar refractivity (Wildman–Crippen MR) is 71.9 cm³/mol. The first-order valence-corrected chi connectivity index (χ1v) is 6.34. The molecule has 5 heteroatoms. The van der Waals surface area contributed by atoms with Crippen LogP contribution in [0.2, 0.25) is 0 Å². The lowest BCUT2D eigenvalue weighted by Gasteiger charge is -2.38. The summed E-state index contributed by atoms with van der Waals surface area (Å²) in [5.74, 6) is -1.17. The Balaban J connectivity index is 3.04. The van der Waals surface area contributed by atoms with Gasteiger partial charge in [-0.15, -0.1) is 0 Å². The van der Waals surface area contributed by atoms with Gasteiger partial charge in [0.1, 0.15) is 5.82 Å². The van der Waals surface area contributed by atoms with Gasteiger partial charge in [0.05, 0.1) is 16.7 Å². The molecule has 2 N–H and O–H groups in total. The average Bonchev–Trinajstić information content (AvgIpc) is 2.14. The topological polar surface area (TPSA) is 49.3 Å². The van der Waals surface area contributed by atoms with Crippen molar-refractivity contribution >= 4 is 21.8 Å². The van der Waals surface area contributed by atoms with Gasteiger partial charge in [0.2, 0.25) is 0 Å². The summed E-state index contributed by atoms with van der Waals surface area (Å²) < 4.78 is 14.0. The molecular weight excluding hydrogens is 301 g/mol. The maximum Gasteiger partial charge on any atom is 0.255 e. The molecule has 0 aliphatic heterocycles. The molecule has 0 saturated heterocycles. The SMILES string of the molecule is CC(C)(O)C(C)(C)NC(=O)c1c(F)cccc1Br. The second-order valence-corrected chi connectivity index (χ2v) is 6.09. The molecule has 0 fully saturated rings. The average molecular weight is 318 g/mol. The second kappa shape index (κ2) is 4.97. The van der Waals surface area contributed by atoms with Crippen molar-refractivity contribution < 1.29 is 14.3 Å². The molecule has 0 saturated carbocycles. The third kappa shape index (κ3) is 3.09. The smallest absolute Gasteiger partial charge is 0.255 e. The van der Waals surface area contributed by atoms with E-state index in [2.05, 4.69) is 21.2 Å². The summed E-state index contributed by atoms with van der Waals surface area (Å²) in [6, 6.07) is 4.32. The highest BCUT2D eigenvalue weighted by molar-refractivity contribution is 9.10. The van der Waals surface area contributed by atoms with E-state index in [1.54, 1.807) is 33.8 Å². The Morgan fingerprint density at radius 1 is 1.33 bits per heavy atom. The van der Waals surface area contributed by atoms with Gasteiger partial charge in [-0.2, -0.15) is 0 Å². The van der Waals surface area contributed by atoms with Crippen LogP contribution in [0.15, 0.2) is 22.7 Å². The van der Waals surface area contributed by atoms with Gasteiger partial charge < -0.3 is 10.4 Å². The van der Waals surface area contributed by atoms with Gasteiger partial charge in [-0.1, -0.05) is 6.07 Å². The van der Waals surface area contributed by atoms with Crippen LogP contribution in [0.4, 0.5) is 4.39 Å². The van der Waals surface area contributed by atoms with Crippen molar-refractivity contribution in [1.82, 2.24) is 5.32 Å². The van der Waals surface area contributed by atoms with Crippen molar-refractivity contribution in [3.63, 3.8) is 0 Å². The monoisotopic (exact) mass is 317 g/mol. The molecule has 18 heavy (non-hydrogen) atoms. The minimum Gasteiger partial charge on any atom is -0.388 e. The third-order valence-electron chi connectivity index (χ3n) is 3.15. The zero-order chi connectivity index (χ0) is 14.1. The van der Waals surface area contributed by atoms with Gasteiger partial charge in [0.15, 0.2) is 0 Å². The van der Waals surface area contributed by atoms with Crippen molar-refractivity contribution in [2.75, 3.05) is 0 Å². The Hall–Kier alpha value is -0.940. The second-order valence-electron chi connectivity index (χ2n) is 5.23. The minimum atomic E-state index is -1.12. The first kappa shape index (κ1) is 15.1. The van der Waals surface area contributed by atoms with Crippen LogP contribution in [-0.4, -0.2) is 22.2 Å². The van der Waals surface area contributed by atoms with Crippen LogP contribution in [0.25, 0.3) is 0 Å². The van der Waals surface area contributed by atoms with E-state index in [0.717, 1.165) is 0 Å². The van der Waals surface area contributed by atoms with E-state index >= 15 is 0 Å². The van der Waals surface area contributed by atoms with E-state index in [-0.39, 0.29) is 5.56 Å². The maximum atomic E-state index is 13.6. The van der Waals surface area contributed by atoms with E-state index in [0.29, 0.717) is 4.47 Å². The van der Waals surface area contributed by atoms with E-state index in [4.69, 9.17) is 0 Å². The van der Waals surface area contributed by atoms with Gasteiger partial charge in [0.25, 0.3) is 5.91 Å². The molecule has 0 aliphatic carbocycles. The molecule has 1 aromatic carbocycles. The minimum absolute atomic E-state index is 0.0603. The fraction of sp³-hybridized carbons (Fsp3) is 0.462. The zero-order valence-electron chi connectivity index (χ0n) is 10.8. The molecule has 1 amide bonds. The Morgan fingerprint density at radius 2 is 1.89 bits per heavy atom. The molecule has 0 radical (unpaired) electrons. The van der Waals surface area contributed by atoms with Crippen LogP contribution in [0.1, 0.15) is 38.1 Å². The van der Waals surface area contributed by atoms with Gasteiger partial charge in [-0.3, -0.25) is 4.79 Å². The number of rotatable bonds is 3. The highest BCUT2D eigenvalue weighted by atomic mass is 79.9. The first-order valence-electron chi connectivity index (χ1n) is 5.55. The van der Waals surface area contributed by atoms with E-state index in [9.17, 15) is 14.3 Å². The lowest BCUT2D eigenvalue weighted by atomic mass is 9.85. The number of nitrogens with one attached hydrogen (secondary N) is 1. The van der Waals surface area contributed by atoms with Crippen LogP contribution in [0.3, 0.4) is 0 Å². The van der Waals surface area contributed by atoms with Crippen LogP contribution in [0, 0.1) is 5.82 Å². The normalized spacial score (nSPS) is 12.4. The standard InChI is InChI=1S/C13H17BrFNO2/c1-12(2,13(3,4)18)16-11(17)10-8(14)6-5-7-9(10)15/h5-7,18H,1-4H3,(H,16,17). The lowest BCUT2D eigenvalue weighted by molar-refractivity contribution is -0.00302. The van der Waals surface area contributed by atoms with Crippen LogP contribution < -0.4 is 5.32 Å². The zero-order valence-corrected chi connectivity index (χ0v) is 12.4. The van der Waals surface area contributed by atoms with Crippen molar-refractivity contribution in [3.05, 3.63) is 34.1 Å². The lowest BCUT2D eigenvalue weighted by Crippen LogP contribution is -2.57. The van der Waals surface area contributed by atoms with Crippen molar-refractivity contribution in [2.45, 2.75) is 38.8 Å². The largest absolute Gasteiger partial charge is 0.388 e. The molecular formula is C13H17BrFNO2. The molecule has 0 unspecified atom stereocenters. The summed E-state index contributed by atoms with van der Waals surface area (Å²) in [6.07, 6.45) is 0. The summed E-state index contributed by atoms with van der Waals surface area (Å²) in [7, 11) is 0. The Labute approximate surface area is 115 Å². The molecule has 0 heterocycles. The number of hydrogen-bond acceptors (Lipinski definition) is 2. The van der Waals surface area contributed by atoms with Gasteiger partial charge in [0, 0.05) is 4.47 Å². The van der Waals surface area contributed by atoms with Crippen LogP contribution >= 0.6 is 15.9 Å². The maximum absolute atomic E-state index is 13.6. The summed E-state index contributed by atoms with van der Waals surface area (Å²) >= 11 is 3.14. The first-order chi connectivity index (χ1) is 8.06. The third-order valence-corrected chi connectivity index (χ3v) is 3.81. The number of halogens is 2. The highest BCUT2D eigenvalue weighted by Gasteiger charge is 2.37. The van der Waals surface area contributed by atoms with E-state index in [1.807, 2.05) is 0 Å². The summed E-state index contributed by atoms with van der Waals surface area (Å²) in [5, 5.41) is 12.6. The van der Waals surface area contributed by atoms with E-state index in [1.165, 1.54) is 12.1 Å². The number of benzene rings is 1. The molecule has 1 aromatic rings. The number of aliphatic hydroxyl groups is 1. The summed E-state index contributed by atoms with van der Waals surface area (Å²) in [5.41, 5.74) is -2.07. The Morgan fingerprint density at radius 3 is 2.33 bits per heavy atom. The van der Waals surface area contributed by atoms with Crippen LogP contribution in [-0.2, 0) is 0 Å². The summed E-state index contributed by atoms with van der Waals surface area (Å²) in [6.45, 7) is 6.53.